The van der Waals surface area contributed by atoms with Gasteiger partial charge in [-0.3, -0.25) is 0 Å². The molecule has 84 valence electrons. The Morgan fingerprint density at radius 2 is 1.88 bits per heavy atom. The lowest BCUT2D eigenvalue weighted by Crippen LogP contribution is -2.20. The smallest absolute Gasteiger partial charge is 0.184 e. The molecule has 0 radical (unpaired) electrons. The van der Waals surface area contributed by atoms with Crippen LogP contribution in [0.5, 0.6) is 5.75 Å². The molecule has 1 atom stereocenters. The average Bonchev–Trinajstić information content (AvgIpc) is 2.81. The van der Waals surface area contributed by atoms with Crippen molar-refractivity contribution in [2.24, 2.45) is 0 Å². The second-order valence-corrected chi connectivity index (χ2v) is 4.01. The van der Waals surface area contributed by atoms with Crippen molar-refractivity contribution in [3.8, 4) is 5.75 Å². The van der Waals surface area contributed by atoms with E-state index in [9.17, 15) is 0 Å². The second kappa shape index (κ2) is 3.92. The lowest BCUT2D eigenvalue weighted by Gasteiger charge is -2.25. The fraction of sp³-hybridized carbons (Fsp3) is 0.385. The summed E-state index contributed by atoms with van der Waals surface area (Å²) < 4.78 is 16.8. The molecule has 0 aliphatic carbocycles. The maximum Gasteiger partial charge on any atom is 0.184 e. The van der Waals surface area contributed by atoms with E-state index in [0.29, 0.717) is 13.2 Å². The number of hydrogen-bond acceptors (Lipinski definition) is 3. The standard InChI is InChI=1S/C13H14O3/c1-9-8-11(13-14-6-7-15-13)10-4-2-3-5-12(10)16-9/h2-5,8-9,13H,6-7H2,1H3. The minimum absolute atomic E-state index is 0.0673. The molecule has 2 aliphatic heterocycles. The first-order valence-electron chi connectivity index (χ1n) is 5.55. The summed E-state index contributed by atoms with van der Waals surface area (Å²) in [6.45, 7) is 3.35. The van der Waals surface area contributed by atoms with Crippen molar-refractivity contribution in [1.29, 1.82) is 0 Å². The van der Waals surface area contributed by atoms with Crippen LogP contribution in [0.3, 0.4) is 0 Å². The summed E-state index contributed by atoms with van der Waals surface area (Å²) in [6, 6.07) is 8.00. The molecule has 3 heteroatoms. The Hall–Kier alpha value is -1.32. The molecule has 0 spiro atoms. The van der Waals surface area contributed by atoms with E-state index < -0.39 is 0 Å². The van der Waals surface area contributed by atoms with Crippen molar-refractivity contribution in [3.63, 3.8) is 0 Å². The molecule has 0 bridgehead atoms. The zero-order valence-corrected chi connectivity index (χ0v) is 9.18. The number of benzene rings is 1. The van der Waals surface area contributed by atoms with Crippen LogP contribution in [0.15, 0.2) is 30.3 Å². The van der Waals surface area contributed by atoms with E-state index in [0.717, 1.165) is 16.9 Å². The van der Waals surface area contributed by atoms with E-state index in [1.807, 2.05) is 31.2 Å². The highest BCUT2D eigenvalue weighted by Gasteiger charge is 2.27. The van der Waals surface area contributed by atoms with Crippen molar-refractivity contribution < 1.29 is 14.2 Å². The van der Waals surface area contributed by atoms with Crippen molar-refractivity contribution in [2.75, 3.05) is 13.2 Å². The number of hydrogen-bond donors (Lipinski definition) is 0. The maximum atomic E-state index is 5.73. The molecule has 2 aliphatic rings. The predicted molar refractivity (Wildman–Crippen MR) is 60.2 cm³/mol. The molecule has 2 heterocycles. The quantitative estimate of drug-likeness (QED) is 0.723. The highest BCUT2D eigenvalue weighted by atomic mass is 16.7. The predicted octanol–water partition coefficient (Wildman–Crippen LogP) is 2.22. The minimum atomic E-state index is -0.229. The summed E-state index contributed by atoms with van der Waals surface area (Å²) in [5.41, 5.74) is 2.17. The van der Waals surface area contributed by atoms with Crippen molar-refractivity contribution in [3.05, 3.63) is 35.9 Å². The zero-order chi connectivity index (χ0) is 11.0. The first-order valence-corrected chi connectivity index (χ1v) is 5.55. The Balaban J connectivity index is 2.01. The molecule has 1 saturated heterocycles. The highest BCUT2D eigenvalue weighted by molar-refractivity contribution is 5.74. The van der Waals surface area contributed by atoms with Gasteiger partial charge in [-0.2, -0.15) is 0 Å². The van der Waals surface area contributed by atoms with Gasteiger partial charge >= 0.3 is 0 Å². The van der Waals surface area contributed by atoms with Crippen LogP contribution in [0.4, 0.5) is 0 Å². The lowest BCUT2D eigenvalue weighted by atomic mass is 10.00. The molecule has 1 fully saturated rings. The Morgan fingerprint density at radius 1 is 1.12 bits per heavy atom. The highest BCUT2D eigenvalue weighted by Crippen LogP contribution is 2.35. The summed E-state index contributed by atoms with van der Waals surface area (Å²) in [6.07, 6.45) is 1.91. The molecule has 3 nitrogen and oxygen atoms in total. The number of fused-ring (bicyclic) bond motifs is 1. The fourth-order valence-electron chi connectivity index (χ4n) is 2.13. The fourth-order valence-corrected chi connectivity index (χ4v) is 2.13. The normalized spacial score (nSPS) is 24.8. The lowest BCUT2D eigenvalue weighted by molar-refractivity contribution is 0.00563. The second-order valence-electron chi connectivity index (χ2n) is 4.01. The van der Waals surface area contributed by atoms with Crippen LogP contribution in [0.25, 0.3) is 5.57 Å². The molecular weight excluding hydrogens is 204 g/mol. The monoisotopic (exact) mass is 218 g/mol. The first kappa shape index (κ1) is 9.87. The Labute approximate surface area is 94.6 Å². The third-order valence-corrected chi connectivity index (χ3v) is 2.80. The van der Waals surface area contributed by atoms with Crippen molar-refractivity contribution >= 4 is 5.57 Å². The van der Waals surface area contributed by atoms with Crippen molar-refractivity contribution in [2.45, 2.75) is 19.3 Å². The molecule has 0 aromatic heterocycles. The van der Waals surface area contributed by atoms with Gasteiger partial charge in [0.25, 0.3) is 0 Å². The van der Waals surface area contributed by atoms with E-state index in [2.05, 4.69) is 6.08 Å². The van der Waals surface area contributed by atoms with Gasteiger partial charge in [-0.1, -0.05) is 18.2 Å². The first-order chi connectivity index (χ1) is 7.84. The minimum Gasteiger partial charge on any atom is -0.486 e. The Kier molecular flexibility index (Phi) is 2.42. The Bertz CT molecular complexity index is 419. The maximum absolute atomic E-state index is 5.73. The van der Waals surface area contributed by atoms with Gasteiger partial charge in [0.05, 0.1) is 13.2 Å². The van der Waals surface area contributed by atoms with Gasteiger partial charge in [0, 0.05) is 11.1 Å². The van der Waals surface area contributed by atoms with Crippen LogP contribution >= 0.6 is 0 Å². The van der Waals surface area contributed by atoms with Gasteiger partial charge in [-0.05, 0) is 19.1 Å². The summed E-state index contributed by atoms with van der Waals surface area (Å²) in [5.74, 6) is 0.909. The molecule has 16 heavy (non-hydrogen) atoms. The van der Waals surface area contributed by atoms with Gasteiger partial charge < -0.3 is 14.2 Å². The van der Waals surface area contributed by atoms with Crippen LogP contribution < -0.4 is 4.74 Å². The third kappa shape index (κ3) is 1.62. The summed E-state index contributed by atoms with van der Waals surface area (Å²) in [7, 11) is 0. The van der Waals surface area contributed by atoms with E-state index in [1.165, 1.54) is 0 Å². The van der Waals surface area contributed by atoms with Gasteiger partial charge in [-0.15, -0.1) is 0 Å². The Morgan fingerprint density at radius 3 is 2.69 bits per heavy atom. The number of para-hydroxylation sites is 1. The molecule has 1 unspecified atom stereocenters. The number of ether oxygens (including phenoxy) is 3. The van der Waals surface area contributed by atoms with Crippen LogP contribution in [-0.2, 0) is 9.47 Å². The number of rotatable bonds is 1. The van der Waals surface area contributed by atoms with Crippen LogP contribution in [0.1, 0.15) is 12.5 Å². The van der Waals surface area contributed by atoms with Crippen LogP contribution in [0.2, 0.25) is 0 Å². The van der Waals surface area contributed by atoms with Gasteiger partial charge in [-0.25, -0.2) is 0 Å². The molecular formula is C13H14O3. The van der Waals surface area contributed by atoms with Crippen molar-refractivity contribution in [1.82, 2.24) is 0 Å². The molecule has 0 saturated carbocycles. The van der Waals surface area contributed by atoms with E-state index >= 15 is 0 Å². The summed E-state index contributed by atoms with van der Waals surface area (Å²) in [4.78, 5) is 0. The largest absolute Gasteiger partial charge is 0.486 e. The molecule has 3 rings (SSSR count). The summed E-state index contributed by atoms with van der Waals surface area (Å²) in [5, 5.41) is 0. The van der Waals surface area contributed by atoms with Gasteiger partial charge in [0.15, 0.2) is 6.29 Å². The average molecular weight is 218 g/mol. The molecule has 1 aromatic carbocycles. The zero-order valence-electron chi connectivity index (χ0n) is 9.18. The van der Waals surface area contributed by atoms with Gasteiger partial charge in [0.1, 0.15) is 11.9 Å². The molecule has 0 amide bonds. The van der Waals surface area contributed by atoms with E-state index in [4.69, 9.17) is 14.2 Å². The summed E-state index contributed by atoms with van der Waals surface area (Å²) >= 11 is 0. The van der Waals surface area contributed by atoms with E-state index in [1.54, 1.807) is 0 Å². The molecule has 0 N–H and O–H groups in total. The third-order valence-electron chi connectivity index (χ3n) is 2.80. The van der Waals surface area contributed by atoms with Crippen LogP contribution in [0, 0.1) is 0 Å². The SMILES string of the molecule is CC1C=C(C2OCCO2)c2ccccc2O1. The molecule has 1 aromatic rings. The van der Waals surface area contributed by atoms with Crippen LogP contribution in [-0.4, -0.2) is 25.6 Å². The van der Waals surface area contributed by atoms with E-state index in [-0.39, 0.29) is 12.4 Å². The van der Waals surface area contributed by atoms with Gasteiger partial charge in [0.2, 0.25) is 0 Å². The topological polar surface area (TPSA) is 27.7 Å².